The lowest BCUT2D eigenvalue weighted by atomic mass is 9.77. The van der Waals surface area contributed by atoms with Crippen LogP contribution in [0.25, 0.3) is 0 Å². The van der Waals surface area contributed by atoms with E-state index in [4.69, 9.17) is 4.74 Å². The maximum absolute atomic E-state index is 14.7. The van der Waals surface area contributed by atoms with Gasteiger partial charge in [-0.05, 0) is 79.9 Å². The number of unbranched alkanes of at least 4 members (excludes halogenated alkanes) is 4. The number of rotatable bonds is 14. The Morgan fingerprint density at radius 1 is 0.697 bits per heavy atom. The number of hydrogen-bond acceptors (Lipinski definition) is 1. The van der Waals surface area contributed by atoms with E-state index in [9.17, 15) is 4.39 Å². The standard InChI is InChI=1S/C31H51FO/c1-3-5-6-7-8-11-26-13-15-27(16-14-26)12-9-23-33-31-22-21-29(24-30(31)32)28-19-17-25(10-4-2)18-20-28/h21-22,24-28H,3-20,23H2,1-2H3. The molecule has 0 radical (unpaired) electrons. The molecule has 1 aromatic rings. The number of hydrogen-bond donors (Lipinski definition) is 0. The molecular weight excluding hydrogens is 407 g/mol. The lowest BCUT2D eigenvalue weighted by Crippen LogP contribution is -2.15. The Morgan fingerprint density at radius 3 is 1.94 bits per heavy atom. The zero-order valence-electron chi connectivity index (χ0n) is 21.8. The van der Waals surface area contributed by atoms with Gasteiger partial charge in [-0.2, -0.15) is 0 Å². The first-order valence-electron chi connectivity index (χ1n) is 14.6. The number of ether oxygens (including phenoxy) is 1. The van der Waals surface area contributed by atoms with Crippen LogP contribution in [0.15, 0.2) is 18.2 Å². The predicted molar refractivity (Wildman–Crippen MR) is 140 cm³/mol. The molecule has 2 aliphatic rings. The molecule has 1 aromatic carbocycles. The van der Waals surface area contributed by atoms with Crippen LogP contribution in [0.2, 0.25) is 0 Å². The minimum atomic E-state index is -0.164. The van der Waals surface area contributed by atoms with E-state index in [2.05, 4.69) is 19.9 Å². The van der Waals surface area contributed by atoms with Gasteiger partial charge in [0.15, 0.2) is 11.6 Å². The summed E-state index contributed by atoms with van der Waals surface area (Å²) in [4.78, 5) is 0. The Labute approximate surface area is 204 Å². The Hall–Kier alpha value is -1.05. The van der Waals surface area contributed by atoms with Crippen molar-refractivity contribution < 1.29 is 9.13 Å². The number of benzene rings is 1. The molecule has 0 bridgehead atoms. The third kappa shape index (κ3) is 9.25. The summed E-state index contributed by atoms with van der Waals surface area (Å²) in [7, 11) is 0. The molecule has 1 nitrogen and oxygen atoms in total. The quantitative estimate of drug-likeness (QED) is 0.252. The summed E-state index contributed by atoms with van der Waals surface area (Å²) in [6, 6.07) is 5.75. The van der Waals surface area contributed by atoms with E-state index in [-0.39, 0.29) is 5.82 Å². The van der Waals surface area contributed by atoms with Crippen molar-refractivity contribution in [3.05, 3.63) is 29.6 Å². The maximum Gasteiger partial charge on any atom is 0.165 e. The molecule has 0 spiro atoms. The first-order chi connectivity index (χ1) is 16.2. The predicted octanol–water partition coefficient (Wildman–Crippen LogP) is 10.2. The van der Waals surface area contributed by atoms with Gasteiger partial charge in [-0.15, -0.1) is 0 Å². The SMILES string of the molecule is CCCCCCCC1CCC(CCCOc2ccc(C3CCC(CCC)CC3)cc2F)CC1. The highest BCUT2D eigenvalue weighted by atomic mass is 19.1. The zero-order chi connectivity index (χ0) is 23.3. The molecular formula is C31H51FO. The Kier molecular flexibility index (Phi) is 12.1. The minimum absolute atomic E-state index is 0.164. The van der Waals surface area contributed by atoms with Gasteiger partial charge in [-0.25, -0.2) is 4.39 Å². The molecule has 0 aliphatic heterocycles. The summed E-state index contributed by atoms with van der Waals surface area (Å²) in [6.45, 7) is 5.22. The van der Waals surface area contributed by atoms with Gasteiger partial charge in [0.05, 0.1) is 6.61 Å². The average molecular weight is 459 g/mol. The Morgan fingerprint density at radius 2 is 1.30 bits per heavy atom. The highest BCUT2D eigenvalue weighted by Crippen LogP contribution is 2.38. The van der Waals surface area contributed by atoms with E-state index in [1.54, 1.807) is 6.07 Å². The van der Waals surface area contributed by atoms with Crippen LogP contribution in [0, 0.1) is 23.6 Å². The topological polar surface area (TPSA) is 9.23 Å². The maximum atomic E-state index is 14.7. The van der Waals surface area contributed by atoms with Gasteiger partial charge >= 0.3 is 0 Å². The molecule has 33 heavy (non-hydrogen) atoms. The van der Waals surface area contributed by atoms with E-state index in [0.29, 0.717) is 18.3 Å². The van der Waals surface area contributed by atoms with Crippen molar-refractivity contribution in [2.45, 2.75) is 135 Å². The van der Waals surface area contributed by atoms with Crippen LogP contribution in [-0.2, 0) is 0 Å². The van der Waals surface area contributed by atoms with Crippen molar-refractivity contribution in [1.29, 1.82) is 0 Å². The smallest absolute Gasteiger partial charge is 0.165 e. The highest BCUT2D eigenvalue weighted by Gasteiger charge is 2.23. The normalized spacial score (nSPS) is 25.8. The van der Waals surface area contributed by atoms with E-state index < -0.39 is 0 Å². The molecule has 0 N–H and O–H groups in total. The summed E-state index contributed by atoms with van der Waals surface area (Å²) in [5.41, 5.74) is 1.18. The van der Waals surface area contributed by atoms with E-state index in [0.717, 1.165) is 24.2 Å². The van der Waals surface area contributed by atoms with Gasteiger partial charge in [-0.1, -0.05) is 97.0 Å². The van der Waals surface area contributed by atoms with Gasteiger partial charge in [0, 0.05) is 0 Å². The third-order valence-electron chi connectivity index (χ3n) is 8.67. The largest absolute Gasteiger partial charge is 0.491 e. The molecule has 2 aliphatic carbocycles. The van der Waals surface area contributed by atoms with Crippen LogP contribution in [0.1, 0.15) is 141 Å². The van der Waals surface area contributed by atoms with Gasteiger partial charge in [0.1, 0.15) is 0 Å². The molecule has 3 rings (SSSR count). The molecule has 0 saturated heterocycles. The van der Waals surface area contributed by atoms with Gasteiger partial charge in [0.2, 0.25) is 0 Å². The van der Waals surface area contributed by atoms with Gasteiger partial charge in [0.25, 0.3) is 0 Å². The lowest BCUT2D eigenvalue weighted by Gasteiger charge is -2.29. The minimum Gasteiger partial charge on any atom is -0.491 e. The fourth-order valence-electron chi connectivity index (χ4n) is 6.48. The molecule has 0 unspecified atom stereocenters. The van der Waals surface area contributed by atoms with Crippen molar-refractivity contribution in [2.75, 3.05) is 6.61 Å². The second kappa shape index (κ2) is 15.0. The van der Waals surface area contributed by atoms with Crippen molar-refractivity contribution >= 4 is 0 Å². The van der Waals surface area contributed by atoms with Crippen molar-refractivity contribution in [3.63, 3.8) is 0 Å². The molecule has 2 fully saturated rings. The van der Waals surface area contributed by atoms with Crippen LogP contribution in [0.5, 0.6) is 5.75 Å². The molecule has 0 atom stereocenters. The van der Waals surface area contributed by atoms with E-state index in [1.165, 1.54) is 115 Å². The molecule has 0 aromatic heterocycles. The first kappa shape index (κ1) is 26.6. The lowest BCUT2D eigenvalue weighted by molar-refractivity contribution is 0.225. The summed E-state index contributed by atoms with van der Waals surface area (Å²) in [5, 5.41) is 0. The second-order valence-corrected chi connectivity index (χ2v) is 11.3. The van der Waals surface area contributed by atoms with Crippen LogP contribution < -0.4 is 4.74 Å². The monoisotopic (exact) mass is 458 g/mol. The third-order valence-corrected chi connectivity index (χ3v) is 8.67. The summed E-state index contributed by atoms with van der Waals surface area (Å²) < 4.78 is 20.5. The highest BCUT2D eigenvalue weighted by molar-refractivity contribution is 5.31. The van der Waals surface area contributed by atoms with Crippen molar-refractivity contribution in [3.8, 4) is 5.75 Å². The molecule has 2 heteroatoms. The van der Waals surface area contributed by atoms with Crippen molar-refractivity contribution in [2.24, 2.45) is 17.8 Å². The molecule has 2 saturated carbocycles. The number of halogens is 1. The van der Waals surface area contributed by atoms with E-state index in [1.807, 2.05) is 6.07 Å². The van der Waals surface area contributed by atoms with Crippen molar-refractivity contribution in [1.82, 2.24) is 0 Å². The van der Waals surface area contributed by atoms with E-state index >= 15 is 0 Å². The molecule has 0 amide bonds. The van der Waals surface area contributed by atoms with Crippen LogP contribution in [0.3, 0.4) is 0 Å². The van der Waals surface area contributed by atoms with Crippen LogP contribution in [0.4, 0.5) is 4.39 Å². The molecule has 188 valence electrons. The van der Waals surface area contributed by atoms with Gasteiger partial charge < -0.3 is 4.74 Å². The summed E-state index contributed by atoms with van der Waals surface area (Å²) in [6.07, 6.45) is 24.1. The summed E-state index contributed by atoms with van der Waals surface area (Å²) in [5.74, 6) is 3.55. The first-order valence-corrected chi connectivity index (χ1v) is 14.6. The molecule has 0 heterocycles. The Bertz CT molecular complexity index is 640. The Balaban J connectivity index is 1.28. The average Bonchev–Trinajstić information content (AvgIpc) is 2.84. The van der Waals surface area contributed by atoms with Crippen LogP contribution in [-0.4, -0.2) is 6.61 Å². The zero-order valence-corrected chi connectivity index (χ0v) is 21.8. The second-order valence-electron chi connectivity index (χ2n) is 11.3. The van der Waals surface area contributed by atoms with Gasteiger partial charge in [-0.3, -0.25) is 0 Å². The fraction of sp³-hybridized carbons (Fsp3) is 0.806. The fourth-order valence-corrected chi connectivity index (χ4v) is 6.48. The summed E-state index contributed by atoms with van der Waals surface area (Å²) >= 11 is 0. The van der Waals surface area contributed by atoms with Crippen LogP contribution >= 0.6 is 0 Å².